The Hall–Kier alpha value is -3.42. The van der Waals surface area contributed by atoms with E-state index in [2.05, 4.69) is 37.4 Å². The Morgan fingerprint density at radius 1 is 1.00 bits per heavy atom. The van der Waals surface area contributed by atoms with Gasteiger partial charge in [0.05, 0.1) is 11.2 Å². The van der Waals surface area contributed by atoms with Crippen molar-refractivity contribution in [3.05, 3.63) is 65.6 Å². The Morgan fingerprint density at radius 2 is 1.90 bits per heavy atom. The molecule has 5 N–H and O–H groups in total. The number of nitrogens with one attached hydrogen (secondary N) is 1. The predicted molar refractivity (Wildman–Crippen MR) is 117 cm³/mol. The zero-order chi connectivity index (χ0) is 20.0. The normalized spacial score (nSPS) is 13.0. The van der Waals surface area contributed by atoms with Crippen LogP contribution in [0.1, 0.15) is 5.56 Å². The second-order valence-electron chi connectivity index (χ2n) is 6.91. The van der Waals surface area contributed by atoms with Crippen LogP contribution in [0.5, 0.6) is 0 Å². The number of hydrogen-bond donors (Lipinski definition) is 3. The zero-order valence-electron chi connectivity index (χ0n) is 15.4. The summed E-state index contributed by atoms with van der Waals surface area (Å²) in [6.45, 7) is 0.845. The summed E-state index contributed by atoms with van der Waals surface area (Å²) in [5.74, 6) is 6.74. The topological polar surface area (TPSA) is 106 Å². The molecule has 3 heterocycles. The maximum atomic E-state index is 6.25. The van der Waals surface area contributed by atoms with Gasteiger partial charge in [-0.1, -0.05) is 23.7 Å². The average Bonchev–Trinajstić information content (AvgIpc) is 3.15. The van der Waals surface area contributed by atoms with E-state index in [-0.39, 0.29) is 0 Å². The molecule has 5 rings (SSSR count). The van der Waals surface area contributed by atoms with Crippen LogP contribution in [0, 0.1) is 0 Å². The Balaban J connectivity index is 1.64. The van der Waals surface area contributed by atoms with Crippen LogP contribution in [0.15, 0.2) is 55.0 Å². The van der Waals surface area contributed by atoms with E-state index in [0.717, 1.165) is 46.5 Å². The monoisotopic (exact) mass is 403 g/mol. The van der Waals surface area contributed by atoms with Crippen LogP contribution in [0.25, 0.3) is 22.0 Å². The number of rotatable bonds is 3. The van der Waals surface area contributed by atoms with Crippen molar-refractivity contribution >= 4 is 45.5 Å². The molecule has 4 aromatic rings. The van der Waals surface area contributed by atoms with Crippen LogP contribution in [-0.2, 0) is 6.42 Å². The van der Waals surface area contributed by atoms with Gasteiger partial charge in [-0.05, 0) is 47.9 Å². The number of nitrogens with two attached hydrogens (primary N) is 2. The SMILES string of the molecule is NNc1ncc(-c2ccc3ncnc(N4CCc5ccc(Cl)cc54)c3c2)cc1N. The minimum absolute atomic E-state index is 0.448. The molecule has 0 aliphatic carbocycles. The van der Waals surface area contributed by atoms with Crippen LogP contribution >= 0.6 is 11.6 Å². The average molecular weight is 404 g/mol. The van der Waals surface area contributed by atoms with Crippen LogP contribution in [0.4, 0.5) is 23.0 Å². The summed E-state index contributed by atoms with van der Waals surface area (Å²) in [7, 11) is 0. The first kappa shape index (κ1) is 17.7. The summed E-state index contributed by atoms with van der Waals surface area (Å²) in [5.41, 5.74) is 14.1. The third-order valence-electron chi connectivity index (χ3n) is 5.20. The van der Waals surface area contributed by atoms with Gasteiger partial charge >= 0.3 is 0 Å². The summed E-state index contributed by atoms with van der Waals surface area (Å²) in [5, 5.41) is 1.67. The molecule has 7 nitrogen and oxygen atoms in total. The number of nitrogens with zero attached hydrogens (tertiary/aromatic N) is 4. The molecule has 8 heteroatoms. The van der Waals surface area contributed by atoms with Gasteiger partial charge in [0.2, 0.25) is 0 Å². The lowest BCUT2D eigenvalue weighted by molar-refractivity contribution is 0.975. The fourth-order valence-corrected chi connectivity index (χ4v) is 3.94. The fraction of sp³-hybridized carbons (Fsp3) is 0.0952. The molecule has 0 amide bonds. The Kier molecular flexibility index (Phi) is 4.19. The molecule has 0 saturated heterocycles. The van der Waals surface area contributed by atoms with E-state index >= 15 is 0 Å². The molecular weight excluding hydrogens is 386 g/mol. The van der Waals surface area contributed by atoms with Crippen molar-refractivity contribution in [2.24, 2.45) is 5.84 Å². The number of anilines is 4. The number of halogens is 1. The van der Waals surface area contributed by atoms with Crippen molar-refractivity contribution in [2.45, 2.75) is 6.42 Å². The molecule has 0 spiro atoms. The summed E-state index contributed by atoms with van der Waals surface area (Å²) in [4.78, 5) is 15.5. The Labute approximate surface area is 172 Å². The number of benzene rings is 2. The van der Waals surface area contributed by atoms with Gasteiger partial charge in [0.15, 0.2) is 5.82 Å². The molecule has 2 aromatic carbocycles. The van der Waals surface area contributed by atoms with E-state index in [0.29, 0.717) is 16.5 Å². The quantitative estimate of drug-likeness (QED) is 0.351. The van der Waals surface area contributed by atoms with Gasteiger partial charge in [-0.3, -0.25) is 0 Å². The van der Waals surface area contributed by atoms with Crippen molar-refractivity contribution in [2.75, 3.05) is 22.6 Å². The first-order valence-corrected chi connectivity index (χ1v) is 9.55. The maximum Gasteiger partial charge on any atom is 0.163 e. The molecule has 1 aliphatic rings. The van der Waals surface area contributed by atoms with Crippen molar-refractivity contribution < 1.29 is 0 Å². The number of hydrazine groups is 1. The molecule has 0 fully saturated rings. The number of hydrogen-bond acceptors (Lipinski definition) is 7. The van der Waals surface area contributed by atoms with Gasteiger partial charge in [-0.15, -0.1) is 0 Å². The van der Waals surface area contributed by atoms with E-state index < -0.39 is 0 Å². The number of pyridine rings is 1. The van der Waals surface area contributed by atoms with Gasteiger partial charge < -0.3 is 16.1 Å². The lowest BCUT2D eigenvalue weighted by Gasteiger charge is -2.20. The van der Waals surface area contributed by atoms with Crippen molar-refractivity contribution in [1.82, 2.24) is 15.0 Å². The van der Waals surface area contributed by atoms with E-state index in [1.54, 1.807) is 12.5 Å². The lowest BCUT2D eigenvalue weighted by atomic mass is 10.0. The molecule has 2 aromatic heterocycles. The molecule has 29 heavy (non-hydrogen) atoms. The van der Waals surface area contributed by atoms with Crippen molar-refractivity contribution in [3.8, 4) is 11.1 Å². The van der Waals surface area contributed by atoms with Crippen LogP contribution < -0.4 is 21.9 Å². The van der Waals surface area contributed by atoms with Crippen LogP contribution in [0.3, 0.4) is 0 Å². The Bertz CT molecular complexity index is 1240. The van der Waals surface area contributed by atoms with E-state index in [4.69, 9.17) is 23.2 Å². The highest BCUT2D eigenvalue weighted by atomic mass is 35.5. The van der Waals surface area contributed by atoms with Gasteiger partial charge in [-0.2, -0.15) is 0 Å². The van der Waals surface area contributed by atoms with Gasteiger partial charge in [0.1, 0.15) is 12.1 Å². The summed E-state index contributed by atoms with van der Waals surface area (Å²) < 4.78 is 0. The standard InChI is InChI=1S/C21H18ClN7/c22-15-3-1-12-5-6-29(19(12)9-15)21-16-7-13(2-4-18(16)26-11-27-21)14-8-17(23)20(28-24)25-10-14/h1-4,7-11H,5-6,23-24H2,(H,25,28). The smallest absolute Gasteiger partial charge is 0.163 e. The van der Waals surface area contributed by atoms with Gasteiger partial charge in [-0.25, -0.2) is 20.8 Å². The highest BCUT2D eigenvalue weighted by molar-refractivity contribution is 6.31. The third-order valence-corrected chi connectivity index (χ3v) is 5.44. The maximum absolute atomic E-state index is 6.25. The number of nitrogen functional groups attached to an aromatic ring is 2. The molecule has 0 unspecified atom stereocenters. The summed E-state index contributed by atoms with van der Waals surface area (Å²) in [6, 6.07) is 13.9. The second-order valence-corrected chi connectivity index (χ2v) is 7.35. The number of fused-ring (bicyclic) bond motifs is 2. The molecule has 144 valence electrons. The van der Waals surface area contributed by atoms with E-state index in [9.17, 15) is 0 Å². The Morgan fingerprint density at radius 3 is 2.72 bits per heavy atom. The second kappa shape index (κ2) is 6.88. The lowest BCUT2D eigenvalue weighted by Crippen LogP contribution is -2.15. The minimum Gasteiger partial charge on any atom is -0.396 e. The molecule has 0 atom stereocenters. The molecule has 0 bridgehead atoms. The molecule has 0 radical (unpaired) electrons. The zero-order valence-corrected chi connectivity index (χ0v) is 16.2. The van der Waals surface area contributed by atoms with E-state index in [1.165, 1.54) is 5.56 Å². The van der Waals surface area contributed by atoms with Gasteiger partial charge in [0.25, 0.3) is 0 Å². The van der Waals surface area contributed by atoms with Crippen molar-refractivity contribution in [1.29, 1.82) is 0 Å². The molecular formula is C21H18ClN7. The van der Waals surface area contributed by atoms with Crippen LogP contribution in [-0.4, -0.2) is 21.5 Å². The first-order chi connectivity index (χ1) is 14.1. The largest absolute Gasteiger partial charge is 0.396 e. The predicted octanol–water partition coefficient (Wildman–Crippen LogP) is 3.91. The third kappa shape index (κ3) is 3.00. The summed E-state index contributed by atoms with van der Waals surface area (Å²) in [6.07, 6.45) is 4.29. The van der Waals surface area contributed by atoms with Crippen LogP contribution in [0.2, 0.25) is 5.02 Å². The highest BCUT2D eigenvalue weighted by Gasteiger charge is 2.23. The minimum atomic E-state index is 0.448. The molecule has 1 aliphatic heterocycles. The first-order valence-electron chi connectivity index (χ1n) is 9.17. The van der Waals surface area contributed by atoms with Crippen molar-refractivity contribution in [3.63, 3.8) is 0 Å². The van der Waals surface area contributed by atoms with E-state index in [1.807, 2.05) is 30.3 Å². The molecule has 0 saturated carbocycles. The summed E-state index contributed by atoms with van der Waals surface area (Å²) >= 11 is 6.25. The van der Waals surface area contributed by atoms with Gasteiger partial charge in [0, 0.05) is 34.4 Å². The highest BCUT2D eigenvalue weighted by Crippen LogP contribution is 2.39. The fourth-order valence-electron chi connectivity index (χ4n) is 3.77. The number of aromatic nitrogens is 3.